The predicted molar refractivity (Wildman–Crippen MR) is 71.8 cm³/mol. The second-order valence-electron chi connectivity index (χ2n) is 4.96. The van der Waals surface area contributed by atoms with Gasteiger partial charge in [0.1, 0.15) is 0 Å². The number of nitrogens with two attached hydrogens (primary N) is 1. The molecular formula is C14H17F3N2O2. The number of alkyl halides is 3. The van der Waals surface area contributed by atoms with E-state index in [1.807, 2.05) is 0 Å². The van der Waals surface area contributed by atoms with Gasteiger partial charge in [-0.3, -0.25) is 4.79 Å². The predicted octanol–water partition coefficient (Wildman–Crippen LogP) is 2.59. The number of nitrogen functional groups attached to an aromatic ring is 1. The quantitative estimate of drug-likeness (QED) is 0.844. The zero-order chi connectivity index (χ0) is 15.5. The van der Waals surface area contributed by atoms with Crippen LogP contribution in [0.5, 0.6) is 0 Å². The van der Waals surface area contributed by atoms with Crippen LogP contribution in [-0.2, 0) is 10.9 Å². The molecule has 1 amide bonds. The molecule has 0 radical (unpaired) electrons. The Morgan fingerprint density at radius 2 is 2.14 bits per heavy atom. The van der Waals surface area contributed by atoms with Gasteiger partial charge in [0, 0.05) is 13.2 Å². The molecule has 3 N–H and O–H groups in total. The molecule has 0 bridgehead atoms. The van der Waals surface area contributed by atoms with E-state index in [4.69, 9.17) is 10.5 Å². The van der Waals surface area contributed by atoms with Gasteiger partial charge in [-0.2, -0.15) is 13.2 Å². The molecule has 1 heterocycles. The summed E-state index contributed by atoms with van der Waals surface area (Å²) >= 11 is 0. The van der Waals surface area contributed by atoms with Gasteiger partial charge in [-0.1, -0.05) is 6.07 Å². The number of hydrogen-bond donors (Lipinski definition) is 2. The molecule has 1 aromatic rings. The van der Waals surface area contributed by atoms with Crippen LogP contribution >= 0.6 is 0 Å². The van der Waals surface area contributed by atoms with Crippen LogP contribution in [0.3, 0.4) is 0 Å². The van der Waals surface area contributed by atoms with Crippen LogP contribution in [0.2, 0.25) is 0 Å². The van der Waals surface area contributed by atoms with E-state index >= 15 is 0 Å². The van der Waals surface area contributed by atoms with Crippen molar-refractivity contribution < 1.29 is 22.7 Å². The minimum atomic E-state index is -4.58. The Bertz CT molecular complexity index is 511. The number of hydrogen-bond acceptors (Lipinski definition) is 3. The van der Waals surface area contributed by atoms with Crippen LogP contribution in [0.4, 0.5) is 18.9 Å². The number of carbonyl (C=O) groups excluding carboxylic acids is 1. The molecule has 1 aliphatic rings. The van der Waals surface area contributed by atoms with E-state index in [9.17, 15) is 18.0 Å². The van der Waals surface area contributed by atoms with Gasteiger partial charge in [0.25, 0.3) is 5.91 Å². The fourth-order valence-corrected chi connectivity index (χ4v) is 2.28. The first-order valence-electron chi connectivity index (χ1n) is 6.75. The van der Waals surface area contributed by atoms with Crippen molar-refractivity contribution in [2.45, 2.75) is 31.5 Å². The zero-order valence-electron chi connectivity index (χ0n) is 11.4. The second-order valence-corrected chi connectivity index (χ2v) is 4.96. The van der Waals surface area contributed by atoms with Crippen LogP contribution < -0.4 is 11.1 Å². The topological polar surface area (TPSA) is 64.4 Å². The highest BCUT2D eigenvalue weighted by molar-refractivity contribution is 5.99. The SMILES string of the molecule is Nc1c(C(=O)NCC2CCCCO2)cccc1C(F)(F)F. The molecule has 1 fully saturated rings. The number of carbonyl (C=O) groups is 1. The molecule has 1 saturated heterocycles. The monoisotopic (exact) mass is 302 g/mol. The van der Waals surface area contributed by atoms with Gasteiger partial charge in [0.15, 0.2) is 0 Å². The van der Waals surface area contributed by atoms with Crippen LogP contribution in [0.1, 0.15) is 35.2 Å². The summed E-state index contributed by atoms with van der Waals surface area (Å²) in [7, 11) is 0. The Kier molecular flexibility index (Phi) is 4.72. The lowest BCUT2D eigenvalue weighted by Gasteiger charge is -2.23. The van der Waals surface area contributed by atoms with Crippen molar-refractivity contribution >= 4 is 11.6 Å². The molecule has 1 unspecified atom stereocenters. The van der Waals surface area contributed by atoms with Crippen LogP contribution in [0.25, 0.3) is 0 Å². The maximum absolute atomic E-state index is 12.7. The van der Waals surface area contributed by atoms with E-state index in [1.54, 1.807) is 0 Å². The standard InChI is InChI=1S/C14H17F3N2O2/c15-14(16,17)11-6-3-5-10(12(11)18)13(20)19-8-9-4-1-2-7-21-9/h3,5-6,9H,1-2,4,7-8,18H2,(H,19,20). The van der Waals surface area contributed by atoms with Crippen molar-refractivity contribution in [1.82, 2.24) is 5.32 Å². The summed E-state index contributed by atoms with van der Waals surface area (Å²) in [6, 6.07) is 3.31. The number of benzene rings is 1. The number of rotatable bonds is 3. The normalized spacial score (nSPS) is 19.3. The van der Waals surface area contributed by atoms with Gasteiger partial charge >= 0.3 is 6.18 Å². The molecule has 21 heavy (non-hydrogen) atoms. The lowest BCUT2D eigenvalue weighted by molar-refractivity contribution is -0.136. The molecule has 2 rings (SSSR count). The largest absolute Gasteiger partial charge is 0.418 e. The smallest absolute Gasteiger partial charge is 0.398 e. The lowest BCUT2D eigenvalue weighted by atomic mass is 10.1. The number of halogens is 3. The first-order valence-corrected chi connectivity index (χ1v) is 6.75. The molecule has 0 aromatic heterocycles. The Hall–Kier alpha value is -1.76. The third kappa shape index (κ3) is 3.87. The van der Waals surface area contributed by atoms with E-state index in [-0.39, 0.29) is 18.2 Å². The van der Waals surface area contributed by atoms with Crippen molar-refractivity contribution in [3.8, 4) is 0 Å². The van der Waals surface area contributed by atoms with Gasteiger partial charge in [-0.25, -0.2) is 0 Å². The summed E-state index contributed by atoms with van der Waals surface area (Å²) in [6.45, 7) is 0.917. The maximum atomic E-state index is 12.7. The number of ether oxygens (including phenoxy) is 1. The third-order valence-electron chi connectivity index (χ3n) is 3.42. The van der Waals surface area contributed by atoms with E-state index in [0.717, 1.165) is 25.3 Å². The first-order chi connectivity index (χ1) is 9.89. The van der Waals surface area contributed by atoms with Gasteiger partial charge in [-0.05, 0) is 31.4 Å². The highest BCUT2D eigenvalue weighted by Gasteiger charge is 2.34. The van der Waals surface area contributed by atoms with Gasteiger partial charge < -0.3 is 15.8 Å². The molecule has 0 aliphatic carbocycles. The van der Waals surface area contributed by atoms with E-state index in [0.29, 0.717) is 6.61 Å². The molecule has 0 saturated carbocycles. The number of nitrogens with one attached hydrogen (secondary N) is 1. The number of para-hydroxylation sites is 1. The second kappa shape index (κ2) is 6.34. The van der Waals surface area contributed by atoms with Crippen molar-refractivity contribution in [2.75, 3.05) is 18.9 Å². The van der Waals surface area contributed by atoms with E-state index in [2.05, 4.69) is 5.32 Å². The molecule has 116 valence electrons. The zero-order valence-corrected chi connectivity index (χ0v) is 11.4. The number of anilines is 1. The van der Waals surface area contributed by atoms with Gasteiger partial charge in [-0.15, -0.1) is 0 Å². The van der Waals surface area contributed by atoms with Crippen molar-refractivity contribution in [3.05, 3.63) is 29.3 Å². The Morgan fingerprint density at radius 1 is 1.38 bits per heavy atom. The molecule has 1 aliphatic heterocycles. The summed E-state index contributed by atoms with van der Waals surface area (Å²) in [5.41, 5.74) is 3.76. The van der Waals surface area contributed by atoms with Gasteiger partial charge in [0.05, 0.1) is 22.9 Å². The summed E-state index contributed by atoms with van der Waals surface area (Å²) in [5.74, 6) is -0.618. The minimum Gasteiger partial charge on any atom is -0.398 e. The van der Waals surface area contributed by atoms with Crippen LogP contribution in [0, 0.1) is 0 Å². The van der Waals surface area contributed by atoms with E-state index < -0.39 is 23.3 Å². The first kappa shape index (κ1) is 15.6. The summed E-state index contributed by atoms with van der Waals surface area (Å²) in [6.07, 6.45) is -1.82. The molecule has 0 spiro atoms. The fourth-order valence-electron chi connectivity index (χ4n) is 2.28. The highest BCUT2D eigenvalue weighted by atomic mass is 19.4. The highest BCUT2D eigenvalue weighted by Crippen LogP contribution is 2.34. The van der Waals surface area contributed by atoms with Gasteiger partial charge in [0.2, 0.25) is 0 Å². The lowest BCUT2D eigenvalue weighted by Crippen LogP contribution is -2.35. The average Bonchev–Trinajstić information content (AvgIpc) is 2.45. The summed E-state index contributed by atoms with van der Waals surface area (Å²) in [4.78, 5) is 12.0. The Morgan fingerprint density at radius 3 is 2.76 bits per heavy atom. The van der Waals surface area contributed by atoms with E-state index in [1.165, 1.54) is 12.1 Å². The maximum Gasteiger partial charge on any atom is 0.418 e. The fraction of sp³-hybridized carbons (Fsp3) is 0.500. The van der Waals surface area contributed by atoms with Crippen LogP contribution in [-0.4, -0.2) is 25.2 Å². The molecule has 4 nitrogen and oxygen atoms in total. The summed E-state index contributed by atoms with van der Waals surface area (Å²) < 4.78 is 43.7. The Balaban J connectivity index is 2.05. The third-order valence-corrected chi connectivity index (χ3v) is 3.42. The van der Waals surface area contributed by atoms with Crippen LogP contribution in [0.15, 0.2) is 18.2 Å². The molecule has 1 aromatic carbocycles. The number of amides is 1. The molecular weight excluding hydrogens is 285 g/mol. The Labute approximate surface area is 120 Å². The molecule has 7 heteroatoms. The van der Waals surface area contributed by atoms with Crippen molar-refractivity contribution in [3.63, 3.8) is 0 Å². The molecule has 1 atom stereocenters. The minimum absolute atomic E-state index is 0.0882. The average molecular weight is 302 g/mol. The van der Waals surface area contributed by atoms with Crippen molar-refractivity contribution in [1.29, 1.82) is 0 Å². The van der Waals surface area contributed by atoms with Crippen molar-refractivity contribution in [2.24, 2.45) is 0 Å². The summed E-state index contributed by atoms with van der Waals surface area (Å²) in [5, 5.41) is 2.58.